The minimum absolute atomic E-state index is 0.0626. The van der Waals surface area contributed by atoms with Crippen molar-refractivity contribution >= 4 is 11.9 Å². The summed E-state index contributed by atoms with van der Waals surface area (Å²) in [4.78, 5) is 23.2. The number of carbonyl (C=O) groups excluding carboxylic acids is 1. The van der Waals surface area contributed by atoms with Crippen LogP contribution in [0.25, 0.3) is 0 Å². The highest BCUT2D eigenvalue weighted by atomic mass is 16.5. The molecule has 0 spiro atoms. The molecule has 108 valence electrons. The van der Waals surface area contributed by atoms with Crippen molar-refractivity contribution in [2.75, 3.05) is 6.61 Å². The van der Waals surface area contributed by atoms with E-state index in [1.54, 1.807) is 0 Å². The minimum Gasteiger partial charge on any atom is -0.492 e. The Morgan fingerprint density at radius 2 is 2.10 bits per heavy atom. The van der Waals surface area contributed by atoms with Crippen LogP contribution in [0.5, 0.6) is 5.75 Å². The normalized spacial score (nSPS) is 18.2. The summed E-state index contributed by atoms with van der Waals surface area (Å²) in [5, 5.41) is 11.7. The number of hydrogen-bond acceptors (Lipinski definition) is 3. The van der Waals surface area contributed by atoms with Crippen molar-refractivity contribution in [3.8, 4) is 5.75 Å². The average molecular weight is 277 g/mol. The first kappa shape index (κ1) is 14.4. The average Bonchev–Trinajstić information content (AvgIpc) is 2.81. The number of hydrogen-bond donors (Lipinski definition) is 2. The number of rotatable bonds is 5. The molecule has 1 heterocycles. The number of ether oxygens (including phenoxy) is 1. The molecule has 2 atom stereocenters. The first-order chi connectivity index (χ1) is 9.49. The number of para-hydroxylation sites is 1. The summed E-state index contributed by atoms with van der Waals surface area (Å²) < 4.78 is 5.48. The van der Waals surface area contributed by atoms with E-state index in [0.29, 0.717) is 6.61 Å². The van der Waals surface area contributed by atoms with E-state index in [1.807, 2.05) is 38.1 Å². The third-order valence-corrected chi connectivity index (χ3v) is 3.54. The van der Waals surface area contributed by atoms with Crippen molar-refractivity contribution < 1.29 is 19.4 Å². The van der Waals surface area contributed by atoms with Gasteiger partial charge in [0.05, 0.1) is 6.42 Å². The second-order valence-electron chi connectivity index (χ2n) is 5.36. The van der Waals surface area contributed by atoms with E-state index in [9.17, 15) is 9.59 Å². The van der Waals surface area contributed by atoms with Crippen molar-refractivity contribution in [3.63, 3.8) is 0 Å². The summed E-state index contributed by atoms with van der Waals surface area (Å²) >= 11 is 0. The molecule has 0 radical (unpaired) electrons. The van der Waals surface area contributed by atoms with Crippen LogP contribution in [0, 0.1) is 5.92 Å². The molecule has 20 heavy (non-hydrogen) atoms. The van der Waals surface area contributed by atoms with Gasteiger partial charge in [0.15, 0.2) is 0 Å². The zero-order valence-corrected chi connectivity index (χ0v) is 11.6. The lowest BCUT2D eigenvalue weighted by Crippen LogP contribution is -2.42. The van der Waals surface area contributed by atoms with Gasteiger partial charge in [-0.05, 0) is 12.0 Å². The molecule has 0 saturated carbocycles. The summed E-state index contributed by atoms with van der Waals surface area (Å²) in [5.74, 6) is -0.650. The van der Waals surface area contributed by atoms with E-state index < -0.39 is 5.97 Å². The number of amides is 1. The Labute approximate surface area is 117 Å². The van der Waals surface area contributed by atoms with Gasteiger partial charge in [-0.15, -0.1) is 0 Å². The number of carboxylic acid groups (broad SMARTS) is 1. The fourth-order valence-corrected chi connectivity index (χ4v) is 2.30. The molecule has 1 aromatic carbocycles. The fourth-order valence-electron chi connectivity index (χ4n) is 2.30. The first-order valence-corrected chi connectivity index (χ1v) is 6.73. The lowest BCUT2D eigenvalue weighted by molar-refractivity contribution is -0.138. The molecule has 0 aliphatic carbocycles. The van der Waals surface area contributed by atoms with E-state index in [2.05, 4.69) is 5.32 Å². The molecule has 5 nitrogen and oxygen atoms in total. The maximum atomic E-state index is 12.3. The predicted octanol–water partition coefficient (Wildman–Crippen LogP) is 1.78. The van der Waals surface area contributed by atoms with Crippen molar-refractivity contribution in [2.45, 2.75) is 32.2 Å². The maximum absolute atomic E-state index is 12.3. The van der Waals surface area contributed by atoms with Crippen LogP contribution in [0.15, 0.2) is 24.3 Å². The summed E-state index contributed by atoms with van der Waals surface area (Å²) in [6, 6.07) is 7.06. The van der Waals surface area contributed by atoms with Gasteiger partial charge in [-0.3, -0.25) is 9.59 Å². The molecule has 0 bridgehead atoms. The quantitative estimate of drug-likeness (QED) is 0.860. The molecule has 1 aliphatic heterocycles. The Bertz CT molecular complexity index is 512. The number of nitrogens with one attached hydrogen (secondary N) is 1. The molecule has 2 unspecified atom stereocenters. The van der Waals surface area contributed by atoms with Crippen molar-refractivity contribution in [1.82, 2.24) is 5.32 Å². The van der Waals surface area contributed by atoms with E-state index in [1.165, 1.54) is 0 Å². The van der Waals surface area contributed by atoms with E-state index in [-0.39, 0.29) is 30.2 Å². The van der Waals surface area contributed by atoms with Gasteiger partial charge < -0.3 is 15.2 Å². The van der Waals surface area contributed by atoms with Gasteiger partial charge in [0.25, 0.3) is 0 Å². The Balaban J connectivity index is 2.07. The standard InChI is InChI=1S/C15H19NO4/c1-9(2)12(7-14(17)18)16-15(19)11-8-20-13-6-4-3-5-10(11)13/h3-6,9,11-12H,7-8H2,1-2H3,(H,16,19)(H,17,18). The van der Waals surface area contributed by atoms with Crippen LogP contribution in [-0.2, 0) is 9.59 Å². The summed E-state index contributed by atoms with van der Waals surface area (Å²) in [7, 11) is 0. The van der Waals surface area contributed by atoms with Crippen LogP contribution in [0.2, 0.25) is 0 Å². The van der Waals surface area contributed by atoms with Gasteiger partial charge >= 0.3 is 5.97 Å². The van der Waals surface area contributed by atoms with Gasteiger partial charge in [-0.25, -0.2) is 0 Å². The third-order valence-electron chi connectivity index (χ3n) is 3.54. The molecule has 1 aromatic rings. The lowest BCUT2D eigenvalue weighted by atomic mass is 9.97. The van der Waals surface area contributed by atoms with Crippen molar-refractivity contribution in [1.29, 1.82) is 0 Å². The smallest absolute Gasteiger partial charge is 0.305 e. The minimum atomic E-state index is -0.910. The molecular weight excluding hydrogens is 258 g/mol. The van der Waals surface area contributed by atoms with Gasteiger partial charge in [-0.2, -0.15) is 0 Å². The van der Waals surface area contributed by atoms with E-state index in [4.69, 9.17) is 9.84 Å². The largest absolute Gasteiger partial charge is 0.492 e. The SMILES string of the molecule is CC(C)C(CC(=O)O)NC(=O)C1COc2ccccc21. The number of carbonyl (C=O) groups is 2. The van der Waals surface area contributed by atoms with Crippen LogP contribution < -0.4 is 10.1 Å². The van der Waals surface area contributed by atoms with Gasteiger partial charge in [0.2, 0.25) is 5.91 Å². The Morgan fingerprint density at radius 3 is 2.75 bits per heavy atom. The maximum Gasteiger partial charge on any atom is 0.305 e. The molecular formula is C15H19NO4. The second-order valence-corrected chi connectivity index (χ2v) is 5.36. The molecule has 2 rings (SSSR count). The molecule has 0 fully saturated rings. The van der Waals surface area contributed by atoms with Gasteiger partial charge in [-0.1, -0.05) is 32.0 Å². The Hall–Kier alpha value is -2.04. The predicted molar refractivity (Wildman–Crippen MR) is 73.7 cm³/mol. The third kappa shape index (κ3) is 3.10. The molecule has 0 saturated heterocycles. The molecule has 1 amide bonds. The summed E-state index contributed by atoms with van der Waals surface area (Å²) in [5.41, 5.74) is 0.864. The molecule has 1 aliphatic rings. The number of fused-ring (bicyclic) bond motifs is 1. The van der Waals surface area contributed by atoms with Crippen LogP contribution in [-0.4, -0.2) is 29.6 Å². The molecule has 5 heteroatoms. The highest BCUT2D eigenvalue weighted by Gasteiger charge is 2.32. The van der Waals surface area contributed by atoms with E-state index in [0.717, 1.165) is 11.3 Å². The van der Waals surface area contributed by atoms with Gasteiger partial charge in [0, 0.05) is 11.6 Å². The highest BCUT2D eigenvalue weighted by Crippen LogP contribution is 2.33. The zero-order valence-electron chi connectivity index (χ0n) is 11.6. The Kier molecular flexibility index (Phi) is 4.27. The van der Waals surface area contributed by atoms with Crippen molar-refractivity contribution in [3.05, 3.63) is 29.8 Å². The number of carboxylic acids is 1. The Morgan fingerprint density at radius 1 is 1.40 bits per heavy atom. The first-order valence-electron chi connectivity index (χ1n) is 6.73. The fraction of sp³-hybridized carbons (Fsp3) is 0.467. The van der Waals surface area contributed by atoms with Crippen LogP contribution >= 0.6 is 0 Å². The summed E-state index contributed by atoms with van der Waals surface area (Å²) in [6.07, 6.45) is -0.0708. The van der Waals surface area contributed by atoms with E-state index >= 15 is 0 Å². The van der Waals surface area contributed by atoms with Crippen LogP contribution in [0.1, 0.15) is 31.7 Å². The summed E-state index contributed by atoms with van der Waals surface area (Å²) in [6.45, 7) is 4.10. The number of aliphatic carboxylic acids is 1. The zero-order chi connectivity index (χ0) is 14.7. The lowest BCUT2D eigenvalue weighted by Gasteiger charge is -2.22. The molecule has 0 aromatic heterocycles. The van der Waals surface area contributed by atoms with Crippen molar-refractivity contribution in [2.24, 2.45) is 5.92 Å². The van der Waals surface area contributed by atoms with Gasteiger partial charge in [0.1, 0.15) is 18.3 Å². The molecule has 2 N–H and O–H groups in total. The highest BCUT2D eigenvalue weighted by molar-refractivity contribution is 5.86. The number of benzene rings is 1. The van der Waals surface area contributed by atoms with Crippen LogP contribution in [0.3, 0.4) is 0 Å². The van der Waals surface area contributed by atoms with Crippen LogP contribution in [0.4, 0.5) is 0 Å². The second kappa shape index (κ2) is 5.94. The topological polar surface area (TPSA) is 75.6 Å². The monoisotopic (exact) mass is 277 g/mol.